The molecule has 1 rings (SSSR count). The fourth-order valence-electron chi connectivity index (χ4n) is 0.759. The SMILES string of the molecule is COc1ccc(/C=N/NC(N)=O)cn1. The van der Waals surface area contributed by atoms with Crippen LogP contribution in [0.1, 0.15) is 5.56 Å². The van der Waals surface area contributed by atoms with Gasteiger partial charge in [0, 0.05) is 17.8 Å². The van der Waals surface area contributed by atoms with Crippen LogP contribution in [0.5, 0.6) is 5.88 Å². The monoisotopic (exact) mass is 194 g/mol. The van der Waals surface area contributed by atoms with Crippen LogP contribution >= 0.6 is 0 Å². The first-order chi connectivity index (χ1) is 6.72. The van der Waals surface area contributed by atoms with Crippen molar-refractivity contribution in [2.24, 2.45) is 10.8 Å². The molecule has 6 heteroatoms. The Morgan fingerprint density at radius 1 is 1.71 bits per heavy atom. The van der Waals surface area contributed by atoms with Crippen molar-refractivity contribution in [3.63, 3.8) is 0 Å². The molecule has 14 heavy (non-hydrogen) atoms. The Bertz CT molecular complexity index is 334. The second-order valence-corrected chi connectivity index (χ2v) is 2.37. The van der Waals surface area contributed by atoms with Gasteiger partial charge in [-0.3, -0.25) is 0 Å². The van der Waals surface area contributed by atoms with Crippen LogP contribution in [0.15, 0.2) is 23.4 Å². The molecule has 0 spiro atoms. The summed E-state index contributed by atoms with van der Waals surface area (Å²) in [6, 6.07) is 2.73. The Hall–Kier alpha value is -2.11. The van der Waals surface area contributed by atoms with Gasteiger partial charge >= 0.3 is 6.03 Å². The van der Waals surface area contributed by atoms with Gasteiger partial charge in [0.25, 0.3) is 0 Å². The van der Waals surface area contributed by atoms with Gasteiger partial charge in [0.2, 0.25) is 5.88 Å². The fraction of sp³-hybridized carbons (Fsp3) is 0.125. The molecular formula is C8H10N4O2. The van der Waals surface area contributed by atoms with Gasteiger partial charge in [-0.2, -0.15) is 5.10 Å². The highest BCUT2D eigenvalue weighted by Gasteiger charge is 1.92. The highest BCUT2D eigenvalue weighted by atomic mass is 16.5. The lowest BCUT2D eigenvalue weighted by Gasteiger charge is -1.97. The van der Waals surface area contributed by atoms with Gasteiger partial charge in [0.1, 0.15) is 0 Å². The van der Waals surface area contributed by atoms with E-state index in [0.717, 1.165) is 5.56 Å². The largest absolute Gasteiger partial charge is 0.481 e. The number of carbonyl (C=O) groups excluding carboxylic acids is 1. The zero-order chi connectivity index (χ0) is 10.4. The molecule has 2 amide bonds. The molecule has 6 nitrogen and oxygen atoms in total. The summed E-state index contributed by atoms with van der Waals surface area (Å²) in [5.41, 5.74) is 7.61. The number of ether oxygens (including phenoxy) is 1. The average Bonchev–Trinajstić information content (AvgIpc) is 2.18. The van der Waals surface area contributed by atoms with Crippen LogP contribution in [-0.4, -0.2) is 24.3 Å². The predicted molar refractivity (Wildman–Crippen MR) is 51.1 cm³/mol. The van der Waals surface area contributed by atoms with Crippen LogP contribution in [0.25, 0.3) is 0 Å². The Morgan fingerprint density at radius 2 is 2.50 bits per heavy atom. The molecule has 0 bridgehead atoms. The number of hydrazone groups is 1. The van der Waals surface area contributed by atoms with Crippen molar-refractivity contribution >= 4 is 12.2 Å². The molecule has 0 saturated heterocycles. The highest BCUT2D eigenvalue weighted by molar-refractivity contribution is 5.81. The third kappa shape index (κ3) is 3.10. The van der Waals surface area contributed by atoms with Crippen LogP contribution in [0.4, 0.5) is 4.79 Å². The van der Waals surface area contributed by atoms with E-state index < -0.39 is 6.03 Å². The number of urea groups is 1. The second kappa shape index (κ2) is 4.80. The summed E-state index contributed by atoms with van der Waals surface area (Å²) in [7, 11) is 1.53. The van der Waals surface area contributed by atoms with Gasteiger partial charge in [-0.05, 0) is 6.07 Å². The second-order valence-electron chi connectivity index (χ2n) is 2.37. The number of rotatable bonds is 3. The standard InChI is InChI=1S/C8H10N4O2/c1-14-7-3-2-6(4-10-7)5-11-12-8(9)13/h2-5H,1H3,(H3,9,12,13)/b11-5+. The van der Waals surface area contributed by atoms with Crippen molar-refractivity contribution in [2.75, 3.05) is 7.11 Å². The third-order valence-electron chi connectivity index (χ3n) is 1.36. The molecule has 1 heterocycles. The third-order valence-corrected chi connectivity index (χ3v) is 1.36. The van der Waals surface area contributed by atoms with E-state index in [0.29, 0.717) is 5.88 Å². The Labute approximate surface area is 80.8 Å². The zero-order valence-corrected chi connectivity index (χ0v) is 7.60. The number of nitrogens with two attached hydrogens (primary N) is 1. The minimum absolute atomic E-state index is 0.519. The highest BCUT2D eigenvalue weighted by Crippen LogP contribution is 2.04. The Morgan fingerprint density at radius 3 is 3.00 bits per heavy atom. The van der Waals surface area contributed by atoms with Crippen molar-refractivity contribution in [1.29, 1.82) is 0 Å². The van der Waals surface area contributed by atoms with Crippen LogP contribution in [0.2, 0.25) is 0 Å². The van der Waals surface area contributed by atoms with Crippen molar-refractivity contribution in [3.8, 4) is 5.88 Å². The summed E-state index contributed by atoms with van der Waals surface area (Å²) in [5.74, 6) is 0.519. The van der Waals surface area contributed by atoms with E-state index in [-0.39, 0.29) is 0 Å². The molecule has 1 aromatic heterocycles. The van der Waals surface area contributed by atoms with E-state index in [4.69, 9.17) is 10.5 Å². The first kappa shape index (κ1) is 9.97. The molecule has 0 aliphatic rings. The average molecular weight is 194 g/mol. The van der Waals surface area contributed by atoms with Crippen LogP contribution in [0.3, 0.4) is 0 Å². The number of hydrogen-bond donors (Lipinski definition) is 2. The number of methoxy groups -OCH3 is 1. The fourth-order valence-corrected chi connectivity index (χ4v) is 0.759. The molecule has 74 valence electrons. The number of aromatic nitrogens is 1. The van der Waals surface area contributed by atoms with Crippen molar-refractivity contribution in [1.82, 2.24) is 10.4 Å². The maximum atomic E-state index is 10.3. The molecule has 0 unspecified atom stereocenters. The Balaban J connectivity index is 2.59. The van der Waals surface area contributed by atoms with Gasteiger partial charge in [0.05, 0.1) is 13.3 Å². The van der Waals surface area contributed by atoms with Gasteiger partial charge in [-0.15, -0.1) is 0 Å². The molecule has 0 atom stereocenters. The lowest BCUT2D eigenvalue weighted by Crippen LogP contribution is -2.24. The molecule has 0 radical (unpaired) electrons. The summed E-state index contributed by atoms with van der Waals surface area (Å²) in [4.78, 5) is 14.2. The number of hydrogen-bond acceptors (Lipinski definition) is 4. The van der Waals surface area contributed by atoms with E-state index in [1.807, 2.05) is 0 Å². The van der Waals surface area contributed by atoms with Crippen LogP contribution in [0, 0.1) is 0 Å². The molecule has 0 saturated carbocycles. The maximum Gasteiger partial charge on any atom is 0.332 e. The topological polar surface area (TPSA) is 89.6 Å². The number of carbonyl (C=O) groups is 1. The van der Waals surface area contributed by atoms with E-state index >= 15 is 0 Å². The van der Waals surface area contributed by atoms with Crippen LogP contribution < -0.4 is 15.9 Å². The van der Waals surface area contributed by atoms with E-state index in [2.05, 4.69) is 15.5 Å². The predicted octanol–water partition coefficient (Wildman–Crippen LogP) is 0.0924. The molecule has 1 aromatic rings. The lowest BCUT2D eigenvalue weighted by molar-refractivity contribution is 0.249. The molecule has 0 fully saturated rings. The summed E-state index contributed by atoms with van der Waals surface area (Å²) >= 11 is 0. The lowest BCUT2D eigenvalue weighted by atomic mass is 10.3. The number of pyridine rings is 1. The smallest absolute Gasteiger partial charge is 0.332 e. The van der Waals surface area contributed by atoms with Crippen molar-refractivity contribution in [2.45, 2.75) is 0 Å². The molecule has 0 aliphatic carbocycles. The number of amides is 2. The van der Waals surface area contributed by atoms with Gasteiger partial charge < -0.3 is 10.5 Å². The van der Waals surface area contributed by atoms with Gasteiger partial charge in [-0.25, -0.2) is 15.2 Å². The molecule has 0 aromatic carbocycles. The summed E-state index contributed by atoms with van der Waals surface area (Å²) < 4.78 is 4.87. The van der Waals surface area contributed by atoms with Crippen molar-refractivity contribution in [3.05, 3.63) is 23.9 Å². The normalized spacial score (nSPS) is 10.1. The zero-order valence-electron chi connectivity index (χ0n) is 7.60. The first-order valence-corrected chi connectivity index (χ1v) is 3.81. The summed E-state index contributed by atoms with van der Waals surface area (Å²) in [6.07, 6.45) is 2.99. The Kier molecular flexibility index (Phi) is 3.42. The van der Waals surface area contributed by atoms with Gasteiger partial charge in [0.15, 0.2) is 0 Å². The molecule has 3 N–H and O–H groups in total. The van der Waals surface area contributed by atoms with Crippen LogP contribution in [-0.2, 0) is 0 Å². The quantitative estimate of drug-likeness (QED) is 0.528. The number of nitrogens with zero attached hydrogens (tertiary/aromatic N) is 2. The maximum absolute atomic E-state index is 10.3. The molecule has 0 aliphatic heterocycles. The minimum Gasteiger partial charge on any atom is -0.481 e. The number of primary amides is 1. The van der Waals surface area contributed by atoms with E-state index in [9.17, 15) is 4.79 Å². The molecular weight excluding hydrogens is 184 g/mol. The van der Waals surface area contributed by atoms with E-state index in [1.54, 1.807) is 18.3 Å². The van der Waals surface area contributed by atoms with Gasteiger partial charge in [-0.1, -0.05) is 0 Å². The van der Waals surface area contributed by atoms with Crippen molar-refractivity contribution < 1.29 is 9.53 Å². The summed E-state index contributed by atoms with van der Waals surface area (Å²) in [6.45, 7) is 0. The number of nitrogens with one attached hydrogen (secondary N) is 1. The van der Waals surface area contributed by atoms with E-state index in [1.165, 1.54) is 13.3 Å². The first-order valence-electron chi connectivity index (χ1n) is 3.81. The summed E-state index contributed by atoms with van der Waals surface area (Å²) in [5, 5.41) is 3.57. The minimum atomic E-state index is -0.706.